The number of ether oxygens (including phenoxy) is 2. The van der Waals surface area contributed by atoms with Crippen LogP contribution in [0.25, 0.3) is 0 Å². The van der Waals surface area contributed by atoms with Crippen molar-refractivity contribution >= 4 is 23.2 Å². The van der Waals surface area contributed by atoms with E-state index in [0.717, 1.165) is 12.1 Å². The van der Waals surface area contributed by atoms with Gasteiger partial charge in [-0.2, -0.15) is 0 Å². The maximum Gasteiger partial charge on any atom is 0.259 e. The van der Waals surface area contributed by atoms with Gasteiger partial charge in [-0.3, -0.25) is 9.59 Å². The highest BCUT2D eigenvalue weighted by Gasteiger charge is 2.16. The van der Waals surface area contributed by atoms with E-state index < -0.39 is 0 Å². The molecular formula is C22H29N3O4. The highest BCUT2D eigenvalue weighted by molar-refractivity contribution is 6.07. The third-order valence-corrected chi connectivity index (χ3v) is 4.29. The van der Waals surface area contributed by atoms with E-state index in [2.05, 4.69) is 10.6 Å². The monoisotopic (exact) mass is 399 g/mol. The largest absolute Gasteiger partial charge is 0.496 e. The summed E-state index contributed by atoms with van der Waals surface area (Å²) in [5, 5.41) is 5.75. The maximum absolute atomic E-state index is 12.7. The number of hydrogen-bond donors (Lipinski definition) is 2. The van der Waals surface area contributed by atoms with Gasteiger partial charge in [0.25, 0.3) is 11.8 Å². The van der Waals surface area contributed by atoms with Gasteiger partial charge in [-0.1, -0.05) is 12.1 Å². The van der Waals surface area contributed by atoms with Crippen molar-refractivity contribution in [1.82, 2.24) is 5.32 Å². The highest BCUT2D eigenvalue weighted by Crippen LogP contribution is 2.24. The quantitative estimate of drug-likeness (QED) is 0.600. The normalized spacial score (nSPS) is 10.3. The molecule has 0 unspecified atom stereocenters. The Kier molecular flexibility index (Phi) is 8.48. The third-order valence-electron chi connectivity index (χ3n) is 4.29. The van der Waals surface area contributed by atoms with Crippen molar-refractivity contribution in [3.63, 3.8) is 0 Å². The Bertz CT molecular complexity index is 837. The SMILES string of the molecule is CCOCCCNC(=O)c1cc(NC(=O)c2ccccc2OC)ccc1N(C)C. The van der Waals surface area contributed by atoms with Gasteiger partial charge in [0.2, 0.25) is 0 Å². The van der Waals surface area contributed by atoms with Crippen LogP contribution in [-0.4, -0.2) is 52.8 Å². The molecular weight excluding hydrogens is 370 g/mol. The lowest BCUT2D eigenvalue weighted by atomic mass is 10.1. The Morgan fingerprint density at radius 2 is 1.79 bits per heavy atom. The van der Waals surface area contributed by atoms with E-state index in [1.54, 1.807) is 36.4 Å². The van der Waals surface area contributed by atoms with Crippen LogP contribution in [0.4, 0.5) is 11.4 Å². The molecule has 0 atom stereocenters. The summed E-state index contributed by atoms with van der Waals surface area (Å²) in [5.41, 5.74) is 2.21. The molecule has 2 amide bonds. The van der Waals surface area contributed by atoms with Crippen molar-refractivity contribution in [2.75, 3.05) is 51.2 Å². The van der Waals surface area contributed by atoms with Crippen molar-refractivity contribution in [3.8, 4) is 5.75 Å². The van der Waals surface area contributed by atoms with Gasteiger partial charge in [0.05, 0.1) is 18.2 Å². The zero-order valence-electron chi connectivity index (χ0n) is 17.5. The Morgan fingerprint density at radius 1 is 1.03 bits per heavy atom. The summed E-state index contributed by atoms with van der Waals surface area (Å²) >= 11 is 0. The van der Waals surface area contributed by atoms with E-state index in [1.165, 1.54) is 7.11 Å². The van der Waals surface area contributed by atoms with E-state index >= 15 is 0 Å². The number of nitrogens with one attached hydrogen (secondary N) is 2. The van der Waals surface area contributed by atoms with Crippen molar-refractivity contribution in [2.24, 2.45) is 0 Å². The fourth-order valence-corrected chi connectivity index (χ4v) is 2.83. The second kappa shape index (κ2) is 11.1. The molecule has 0 radical (unpaired) electrons. The van der Waals surface area contributed by atoms with E-state index in [1.807, 2.05) is 32.0 Å². The molecule has 7 heteroatoms. The summed E-state index contributed by atoms with van der Waals surface area (Å²) in [6, 6.07) is 12.3. The lowest BCUT2D eigenvalue weighted by Gasteiger charge is -2.19. The summed E-state index contributed by atoms with van der Waals surface area (Å²) in [4.78, 5) is 27.2. The van der Waals surface area contributed by atoms with Crippen LogP contribution >= 0.6 is 0 Å². The summed E-state index contributed by atoms with van der Waals surface area (Å²) < 4.78 is 10.5. The molecule has 29 heavy (non-hydrogen) atoms. The molecule has 2 aromatic rings. The van der Waals surface area contributed by atoms with Crippen LogP contribution in [0, 0.1) is 0 Å². The van der Waals surface area contributed by atoms with Crippen LogP contribution < -0.4 is 20.3 Å². The fourth-order valence-electron chi connectivity index (χ4n) is 2.83. The van der Waals surface area contributed by atoms with Crippen molar-refractivity contribution in [1.29, 1.82) is 0 Å². The maximum atomic E-state index is 12.7. The number of para-hydroxylation sites is 1. The number of benzene rings is 2. The molecule has 2 aromatic carbocycles. The van der Waals surface area contributed by atoms with Gasteiger partial charge in [0.15, 0.2) is 0 Å². The van der Waals surface area contributed by atoms with E-state index in [9.17, 15) is 9.59 Å². The molecule has 2 rings (SSSR count). The van der Waals surface area contributed by atoms with Crippen LogP contribution in [0.2, 0.25) is 0 Å². The number of carbonyl (C=O) groups is 2. The number of hydrogen-bond acceptors (Lipinski definition) is 5. The standard InChI is InChI=1S/C22H29N3O4/c1-5-29-14-8-13-23-21(26)18-15-16(11-12-19(18)25(2)3)24-22(27)17-9-6-7-10-20(17)28-4/h6-7,9-12,15H,5,8,13-14H2,1-4H3,(H,23,26)(H,24,27). The molecule has 0 heterocycles. The van der Waals surface area contributed by atoms with Crippen molar-refractivity contribution < 1.29 is 19.1 Å². The topological polar surface area (TPSA) is 79.9 Å². The molecule has 0 saturated carbocycles. The van der Waals surface area contributed by atoms with Crippen molar-refractivity contribution in [2.45, 2.75) is 13.3 Å². The number of carbonyl (C=O) groups excluding carboxylic acids is 2. The van der Waals surface area contributed by atoms with Gasteiger partial charge in [-0.15, -0.1) is 0 Å². The molecule has 0 saturated heterocycles. The van der Waals surface area contributed by atoms with Gasteiger partial charge in [0, 0.05) is 45.2 Å². The Labute approximate surface area is 172 Å². The number of methoxy groups -OCH3 is 1. The predicted molar refractivity (Wildman–Crippen MR) is 115 cm³/mol. The molecule has 156 valence electrons. The molecule has 7 nitrogen and oxygen atoms in total. The second-order valence-electron chi connectivity index (χ2n) is 6.59. The minimum Gasteiger partial charge on any atom is -0.496 e. The van der Waals surface area contributed by atoms with Crippen LogP contribution in [0.15, 0.2) is 42.5 Å². The second-order valence-corrected chi connectivity index (χ2v) is 6.59. The van der Waals surface area contributed by atoms with Gasteiger partial charge < -0.3 is 25.0 Å². The molecule has 0 fully saturated rings. The molecule has 0 aromatic heterocycles. The van der Waals surface area contributed by atoms with Crippen LogP contribution in [0.1, 0.15) is 34.1 Å². The van der Waals surface area contributed by atoms with Crippen molar-refractivity contribution in [3.05, 3.63) is 53.6 Å². The average Bonchev–Trinajstić information content (AvgIpc) is 2.73. The summed E-state index contributed by atoms with van der Waals surface area (Å²) in [6.45, 7) is 3.72. The first kappa shape index (κ1) is 22.2. The van der Waals surface area contributed by atoms with Gasteiger partial charge in [0.1, 0.15) is 5.75 Å². The van der Waals surface area contributed by atoms with Crippen LogP contribution in [0.3, 0.4) is 0 Å². The molecule has 0 bridgehead atoms. The molecule has 0 aliphatic heterocycles. The smallest absolute Gasteiger partial charge is 0.259 e. The first-order chi connectivity index (χ1) is 14.0. The third kappa shape index (κ3) is 6.22. The number of rotatable bonds is 10. The first-order valence-corrected chi connectivity index (χ1v) is 9.59. The average molecular weight is 399 g/mol. The first-order valence-electron chi connectivity index (χ1n) is 9.59. The zero-order chi connectivity index (χ0) is 21.2. The molecule has 0 aliphatic rings. The van der Waals surface area contributed by atoms with Crippen LogP contribution in [-0.2, 0) is 4.74 Å². The lowest BCUT2D eigenvalue weighted by Crippen LogP contribution is -2.27. The minimum atomic E-state index is -0.303. The van der Waals surface area contributed by atoms with Gasteiger partial charge in [-0.25, -0.2) is 0 Å². The molecule has 0 spiro atoms. The van der Waals surface area contributed by atoms with Crippen LogP contribution in [0.5, 0.6) is 5.75 Å². The van der Waals surface area contributed by atoms with Gasteiger partial charge >= 0.3 is 0 Å². The van der Waals surface area contributed by atoms with E-state index in [0.29, 0.717) is 42.3 Å². The summed E-state index contributed by atoms with van der Waals surface area (Å²) in [5.74, 6) is -0.0103. The Hall–Kier alpha value is -3.06. The number of anilines is 2. The zero-order valence-corrected chi connectivity index (χ0v) is 17.5. The fraction of sp³-hybridized carbons (Fsp3) is 0.364. The summed E-state index contributed by atoms with van der Waals surface area (Å²) in [7, 11) is 5.26. The van der Waals surface area contributed by atoms with E-state index in [4.69, 9.17) is 9.47 Å². The molecule has 2 N–H and O–H groups in total. The molecule has 0 aliphatic carbocycles. The highest BCUT2D eigenvalue weighted by atomic mass is 16.5. The lowest BCUT2D eigenvalue weighted by molar-refractivity contribution is 0.0943. The Morgan fingerprint density at radius 3 is 2.48 bits per heavy atom. The number of nitrogens with zero attached hydrogens (tertiary/aromatic N) is 1. The Balaban J connectivity index is 2.16. The predicted octanol–water partition coefficient (Wildman–Crippen LogP) is 3.17. The van der Waals surface area contributed by atoms with Gasteiger partial charge in [-0.05, 0) is 43.7 Å². The van der Waals surface area contributed by atoms with E-state index in [-0.39, 0.29) is 11.8 Å². The summed E-state index contributed by atoms with van der Waals surface area (Å²) in [6.07, 6.45) is 0.737. The number of amides is 2. The minimum absolute atomic E-state index is 0.196.